The van der Waals surface area contributed by atoms with Gasteiger partial charge >= 0.3 is 0 Å². The molecule has 1 aliphatic heterocycles. The molecule has 2 amide bonds. The molecule has 0 radical (unpaired) electrons. The molecule has 4 heterocycles. The van der Waals surface area contributed by atoms with Crippen LogP contribution in [0.25, 0.3) is 11.5 Å². The topological polar surface area (TPSA) is 97.9 Å². The lowest BCUT2D eigenvalue weighted by atomic mass is 9.96. The van der Waals surface area contributed by atoms with Gasteiger partial charge in [-0.25, -0.2) is 4.68 Å². The standard InChI is InChI=1S/C24H25N7O2S/c1-2-20-27-28-24(34-20)26-21(32)17-9-8-14-30(16-17)23(33)19-15-25-31(18-10-4-3-5-11-18)22(19)29-12-6-7-13-29/h3-7,10-13,15,17H,2,8-9,14,16H2,1H3,(H,26,28,32). The van der Waals surface area contributed by atoms with E-state index in [1.807, 2.05) is 66.3 Å². The summed E-state index contributed by atoms with van der Waals surface area (Å²) < 4.78 is 3.66. The Kier molecular flexibility index (Phi) is 6.22. The van der Waals surface area contributed by atoms with E-state index in [4.69, 9.17) is 0 Å². The highest BCUT2D eigenvalue weighted by Crippen LogP contribution is 2.25. The molecule has 4 aromatic rings. The smallest absolute Gasteiger partial charge is 0.259 e. The van der Waals surface area contributed by atoms with Crippen molar-refractivity contribution in [3.63, 3.8) is 0 Å². The number of hydrogen-bond acceptors (Lipinski definition) is 6. The van der Waals surface area contributed by atoms with E-state index in [0.717, 1.165) is 30.0 Å². The van der Waals surface area contributed by atoms with Crippen LogP contribution in [0.1, 0.15) is 35.1 Å². The van der Waals surface area contributed by atoms with Crippen LogP contribution in [0.3, 0.4) is 0 Å². The zero-order chi connectivity index (χ0) is 23.5. The fourth-order valence-corrected chi connectivity index (χ4v) is 4.86. The van der Waals surface area contributed by atoms with Gasteiger partial charge in [-0.2, -0.15) is 5.10 Å². The van der Waals surface area contributed by atoms with Crippen molar-refractivity contribution in [2.24, 2.45) is 5.92 Å². The normalized spacial score (nSPS) is 15.9. The molecule has 1 atom stereocenters. The number of benzene rings is 1. The van der Waals surface area contributed by atoms with Crippen LogP contribution >= 0.6 is 11.3 Å². The van der Waals surface area contributed by atoms with Crippen LogP contribution in [-0.2, 0) is 11.2 Å². The molecule has 1 unspecified atom stereocenters. The summed E-state index contributed by atoms with van der Waals surface area (Å²) in [7, 11) is 0. The van der Waals surface area contributed by atoms with Gasteiger partial charge < -0.3 is 14.8 Å². The molecule has 1 aromatic carbocycles. The number of para-hydroxylation sites is 1. The second-order valence-corrected chi connectivity index (χ2v) is 9.22. The van der Waals surface area contributed by atoms with Gasteiger partial charge in [-0.05, 0) is 43.5 Å². The monoisotopic (exact) mass is 475 g/mol. The van der Waals surface area contributed by atoms with Crippen LogP contribution in [0.15, 0.2) is 61.1 Å². The number of rotatable bonds is 6. The van der Waals surface area contributed by atoms with E-state index in [1.165, 1.54) is 11.3 Å². The maximum Gasteiger partial charge on any atom is 0.259 e. The Bertz CT molecular complexity index is 1280. The summed E-state index contributed by atoms with van der Waals surface area (Å²) in [6.45, 7) is 2.95. The summed E-state index contributed by atoms with van der Waals surface area (Å²) in [5.74, 6) is 0.120. The fourth-order valence-electron chi connectivity index (χ4n) is 4.18. The number of carbonyl (C=O) groups is 2. The molecule has 9 nitrogen and oxygen atoms in total. The third-order valence-corrected chi connectivity index (χ3v) is 6.89. The Balaban J connectivity index is 1.38. The molecule has 0 saturated carbocycles. The van der Waals surface area contributed by atoms with Gasteiger partial charge in [0.2, 0.25) is 11.0 Å². The Morgan fingerprint density at radius 1 is 1.12 bits per heavy atom. The van der Waals surface area contributed by atoms with E-state index >= 15 is 0 Å². The van der Waals surface area contributed by atoms with Crippen molar-refractivity contribution in [3.8, 4) is 11.5 Å². The quantitative estimate of drug-likeness (QED) is 0.460. The molecular weight excluding hydrogens is 450 g/mol. The Hall–Kier alpha value is -3.79. The van der Waals surface area contributed by atoms with E-state index in [2.05, 4.69) is 20.6 Å². The third kappa shape index (κ3) is 4.36. The summed E-state index contributed by atoms with van der Waals surface area (Å²) in [5, 5.41) is 16.9. The maximum absolute atomic E-state index is 13.6. The van der Waals surface area contributed by atoms with Gasteiger partial charge in [0.05, 0.1) is 17.8 Å². The molecule has 174 valence electrons. The molecule has 0 bridgehead atoms. The highest BCUT2D eigenvalue weighted by Gasteiger charge is 2.32. The van der Waals surface area contributed by atoms with Crippen LogP contribution in [-0.4, -0.2) is 54.3 Å². The van der Waals surface area contributed by atoms with Gasteiger partial charge in [0, 0.05) is 25.5 Å². The highest BCUT2D eigenvalue weighted by atomic mass is 32.1. The second-order valence-electron chi connectivity index (χ2n) is 8.15. The number of anilines is 1. The first kappa shape index (κ1) is 22.0. The minimum atomic E-state index is -0.300. The maximum atomic E-state index is 13.6. The van der Waals surface area contributed by atoms with Crippen molar-refractivity contribution >= 4 is 28.3 Å². The summed E-state index contributed by atoms with van der Waals surface area (Å²) in [5.41, 5.74) is 1.36. The number of nitrogens with one attached hydrogen (secondary N) is 1. The molecular formula is C24H25N7O2S. The molecule has 1 N–H and O–H groups in total. The Labute approximate surface area is 201 Å². The minimum Gasteiger partial charge on any atom is -0.338 e. The Morgan fingerprint density at radius 2 is 1.91 bits per heavy atom. The first-order chi connectivity index (χ1) is 16.6. The number of aryl methyl sites for hydroxylation is 1. The number of amides is 2. The highest BCUT2D eigenvalue weighted by molar-refractivity contribution is 7.15. The number of piperidine rings is 1. The zero-order valence-electron chi connectivity index (χ0n) is 18.8. The molecule has 1 aliphatic rings. The van der Waals surface area contributed by atoms with Crippen molar-refractivity contribution in [1.29, 1.82) is 0 Å². The van der Waals surface area contributed by atoms with Crippen molar-refractivity contribution in [1.82, 2.24) is 29.4 Å². The van der Waals surface area contributed by atoms with E-state index in [1.54, 1.807) is 15.8 Å². The average Bonchev–Trinajstić information content (AvgIpc) is 3.64. The van der Waals surface area contributed by atoms with Crippen LogP contribution in [0.4, 0.5) is 5.13 Å². The van der Waals surface area contributed by atoms with Gasteiger partial charge in [-0.3, -0.25) is 9.59 Å². The zero-order valence-corrected chi connectivity index (χ0v) is 19.6. The number of aromatic nitrogens is 5. The lowest BCUT2D eigenvalue weighted by Crippen LogP contribution is -2.44. The largest absolute Gasteiger partial charge is 0.338 e. The number of likely N-dealkylation sites (tertiary alicyclic amines) is 1. The predicted octanol–water partition coefficient (Wildman–Crippen LogP) is 3.57. The molecule has 0 spiro atoms. The minimum absolute atomic E-state index is 0.123. The molecule has 1 fully saturated rings. The molecule has 0 aliphatic carbocycles. The first-order valence-electron chi connectivity index (χ1n) is 11.3. The summed E-state index contributed by atoms with van der Waals surface area (Å²) in [6.07, 6.45) is 7.66. The number of carbonyl (C=O) groups excluding carboxylic acids is 2. The Morgan fingerprint density at radius 3 is 2.65 bits per heavy atom. The molecule has 34 heavy (non-hydrogen) atoms. The van der Waals surface area contributed by atoms with E-state index < -0.39 is 0 Å². The second kappa shape index (κ2) is 9.60. The average molecular weight is 476 g/mol. The van der Waals surface area contributed by atoms with Gasteiger partial charge in [-0.15, -0.1) is 10.2 Å². The molecule has 1 saturated heterocycles. The number of nitrogens with zero attached hydrogens (tertiary/aromatic N) is 6. The van der Waals surface area contributed by atoms with Crippen LogP contribution in [0.2, 0.25) is 0 Å². The van der Waals surface area contributed by atoms with E-state index in [0.29, 0.717) is 29.6 Å². The summed E-state index contributed by atoms with van der Waals surface area (Å²) in [6, 6.07) is 13.5. The van der Waals surface area contributed by atoms with Gasteiger partial charge in [0.15, 0.2) is 5.82 Å². The predicted molar refractivity (Wildman–Crippen MR) is 129 cm³/mol. The molecule has 3 aromatic heterocycles. The van der Waals surface area contributed by atoms with E-state index in [9.17, 15) is 9.59 Å². The van der Waals surface area contributed by atoms with Crippen molar-refractivity contribution in [2.75, 3.05) is 18.4 Å². The SMILES string of the molecule is CCc1nnc(NC(=O)C2CCCN(C(=O)c3cnn(-c4ccccc4)c3-n3cccc3)C2)s1. The van der Waals surface area contributed by atoms with Crippen molar-refractivity contribution in [2.45, 2.75) is 26.2 Å². The van der Waals surface area contributed by atoms with Crippen molar-refractivity contribution < 1.29 is 9.59 Å². The van der Waals surface area contributed by atoms with Crippen LogP contribution < -0.4 is 5.32 Å². The first-order valence-corrected chi connectivity index (χ1v) is 12.1. The lowest BCUT2D eigenvalue weighted by molar-refractivity contribution is -0.121. The fraction of sp³-hybridized carbons (Fsp3) is 0.292. The molecule has 10 heteroatoms. The van der Waals surface area contributed by atoms with Gasteiger partial charge in [0.25, 0.3) is 5.91 Å². The van der Waals surface area contributed by atoms with Gasteiger partial charge in [-0.1, -0.05) is 36.5 Å². The summed E-state index contributed by atoms with van der Waals surface area (Å²) in [4.78, 5) is 28.3. The van der Waals surface area contributed by atoms with E-state index in [-0.39, 0.29) is 17.7 Å². The van der Waals surface area contributed by atoms with Gasteiger partial charge in [0.1, 0.15) is 10.6 Å². The van der Waals surface area contributed by atoms with Crippen LogP contribution in [0.5, 0.6) is 0 Å². The van der Waals surface area contributed by atoms with Crippen molar-refractivity contribution in [3.05, 3.63) is 71.6 Å². The molecule has 5 rings (SSSR count). The lowest BCUT2D eigenvalue weighted by Gasteiger charge is -2.31. The summed E-state index contributed by atoms with van der Waals surface area (Å²) >= 11 is 1.38. The number of hydrogen-bond donors (Lipinski definition) is 1. The third-order valence-electron chi connectivity index (χ3n) is 5.90. The van der Waals surface area contributed by atoms with Crippen LogP contribution in [0, 0.1) is 5.92 Å².